The second-order valence-electron chi connectivity index (χ2n) is 8.47. The molecule has 5 rings (SSSR count). The van der Waals surface area contributed by atoms with Gasteiger partial charge in [-0.3, -0.25) is 9.78 Å². The first-order valence-electron chi connectivity index (χ1n) is 11.4. The van der Waals surface area contributed by atoms with E-state index in [-0.39, 0.29) is 18.0 Å². The highest BCUT2D eigenvalue weighted by atomic mass is 16.5. The smallest absolute Gasteiger partial charge is 0.224 e. The summed E-state index contributed by atoms with van der Waals surface area (Å²) in [5, 5.41) is 0. The molecule has 0 spiro atoms. The quantitative estimate of drug-likeness (QED) is 0.646. The molecule has 1 amide bonds. The molecular formula is C25H28N6O2. The van der Waals surface area contributed by atoms with Gasteiger partial charge in [0.2, 0.25) is 11.9 Å². The highest BCUT2D eigenvalue weighted by molar-refractivity contribution is 5.77. The summed E-state index contributed by atoms with van der Waals surface area (Å²) >= 11 is 0. The molecule has 8 heteroatoms. The highest BCUT2D eigenvalue weighted by Gasteiger charge is 2.27. The molecule has 0 aliphatic carbocycles. The number of nitrogens with zero attached hydrogens (tertiary/aromatic N) is 5. The monoisotopic (exact) mass is 444 g/mol. The van der Waals surface area contributed by atoms with Gasteiger partial charge in [-0.15, -0.1) is 0 Å². The minimum atomic E-state index is -0.227. The SMILES string of the molecule is Nc1ncc(-c2ccc(C3CN(C(=O)CCN4CCCc5ccccc54)CCO3)nc2)cn1. The van der Waals surface area contributed by atoms with E-state index >= 15 is 0 Å². The summed E-state index contributed by atoms with van der Waals surface area (Å²) in [6, 6.07) is 12.4. The number of carbonyl (C=O) groups is 1. The Labute approximate surface area is 193 Å². The van der Waals surface area contributed by atoms with Crippen molar-refractivity contribution < 1.29 is 9.53 Å². The van der Waals surface area contributed by atoms with E-state index in [4.69, 9.17) is 10.5 Å². The third-order valence-corrected chi connectivity index (χ3v) is 6.34. The predicted molar refractivity (Wildman–Crippen MR) is 127 cm³/mol. The van der Waals surface area contributed by atoms with Gasteiger partial charge in [0, 0.05) is 61.5 Å². The molecule has 4 heterocycles. The van der Waals surface area contributed by atoms with Crippen molar-refractivity contribution in [3.05, 3.63) is 66.2 Å². The Balaban J connectivity index is 1.19. The van der Waals surface area contributed by atoms with Crippen LogP contribution in [0.1, 0.15) is 30.2 Å². The van der Waals surface area contributed by atoms with Gasteiger partial charge in [-0.25, -0.2) is 9.97 Å². The van der Waals surface area contributed by atoms with Crippen molar-refractivity contribution in [2.45, 2.75) is 25.4 Å². The van der Waals surface area contributed by atoms with Gasteiger partial charge in [0.1, 0.15) is 6.10 Å². The lowest BCUT2D eigenvalue weighted by molar-refractivity contribution is -0.139. The molecule has 1 aromatic carbocycles. The fourth-order valence-corrected chi connectivity index (χ4v) is 4.54. The maximum absolute atomic E-state index is 13.0. The minimum Gasteiger partial charge on any atom is -0.371 e. The van der Waals surface area contributed by atoms with E-state index in [2.05, 4.69) is 44.1 Å². The highest BCUT2D eigenvalue weighted by Crippen LogP contribution is 2.27. The van der Waals surface area contributed by atoms with Crippen LogP contribution < -0.4 is 10.6 Å². The van der Waals surface area contributed by atoms with Crippen LogP contribution in [0.25, 0.3) is 11.1 Å². The molecule has 33 heavy (non-hydrogen) atoms. The van der Waals surface area contributed by atoms with Crippen molar-refractivity contribution in [3.63, 3.8) is 0 Å². The molecule has 1 saturated heterocycles. The van der Waals surface area contributed by atoms with E-state index in [0.717, 1.165) is 42.8 Å². The fraction of sp³-hybridized carbons (Fsp3) is 0.360. The van der Waals surface area contributed by atoms with E-state index in [9.17, 15) is 4.79 Å². The standard InChI is InChI=1S/C25H28N6O2/c26-25-28-15-20(16-29-25)19-7-8-21(27-14-19)23-17-31(12-13-33-23)24(32)9-11-30-10-3-5-18-4-1-2-6-22(18)30/h1-2,4,6-8,14-16,23H,3,5,9-13,17H2,(H2,26,28,29). The van der Waals surface area contributed by atoms with E-state index in [1.165, 1.54) is 11.3 Å². The fourth-order valence-electron chi connectivity index (χ4n) is 4.54. The van der Waals surface area contributed by atoms with Crippen molar-refractivity contribution in [2.24, 2.45) is 0 Å². The number of nitrogen functional groups attached to an aromatic ring is 1. The first-order valence-corrected chi connectivity index (χ1v) is 11.4. The maximum atomic E-state index is 13.0. The minimum absolute atomic E-state index is 0.169. The normalized spacial score (nSPS) is 18.1. The lowest BCUT2D eigenvalue weighted by Gasteiger charge is -2.34. The Bertz CT molecular complexity index is 1100. The maximum Gasteiger partial charge on any atom is 0.224 e. The molecule has 1 atom stereocenters. The number of anilines is 2. The molecule has 3 aromatic rings. The second kappa shape index (κ2) is 9.54. The first kappa shape index (κ1) is 21.3. The van der Waals surface area contributed by atoms with Gasteiger partial charge in [-0.2, -0.15) is 0 Å². The van der Waals surface area contributed by atoms with E-state index in [0.29, 0.717) is 26.1 Å². The van der Waals surface area contributed by atoms with Crippen molar-refractivity contribution in [2.75, 3.05) is 43.4 Å². The molecule has 0 radical (unpaired) electrons. The Hall–Kier alpha value is -3.52. The summed E-state index contributed by atoms with van der Waals surface area (Å²) in [7, 11) is 0. The Morgan fingerprint density at radius 3 is 2.67 bits per heavy atom. The Morgan fingerprint density at radius 1 is 1.03 bits per heavy atom. The van der Waals surface area contributed by atoms with Crippen LogP contribution in [0.5, 0.6) is 0 Å². The number of amides is 1. The summed E-state index contributed by atoms with van der Waals surface area (Å²) in [5.41, 5.74) is 10.8. The molecule has 8 nitrogen and oxygen atoms in total. The number of aryl methyl sites for hydroxylation is 1. The summed E-state index contributed by atoms with van der Waals surface area (Å²) in [4.78, 5) is 29.9. The zero-order valence-corrected chi connectivity index (χ0v) is 18.6. The summed E-state index contributed by atoms with van der Waals surface area (Å²) in [6.07, 6.45) is 7.66. The number of hydrogen-bond acceptors (Lipinski definition) is 7. The molecule has 1 fully saturated rings. The molecular weight excluding hydrogens is 416 g/mol. The van der Waals surface area contributed by atoms with Crippen molar-refractivity contribution in [3.8, 4) is 11.1 Å². The number of aromatic nitrogens is 3. The van der Waals surface area contributed by atoms with Crippen LogP contribution in [0.4, 0.5) is 11.6 Å². The summed E-state index contributed by atoms with van der Waals surface area (Å²) in [6.45, 7) is 3.40. The Kier molecular flexibility index (Phi) is 6.17. The van der Waals surface area contributed by atoms with Crippen LogP contribution in [-0.2, 0) is 16.0 Å². The zero-order chi connectivity index (χ0) is 22.6. The first-order chi connectivity index (χ1) is 16.2. The number of benzene rings is 1. The molecule has 2 N–H and O–H groups in total. The number of hydrogen-bond donors (Lipinski definition) is 1. The lowest BCUT2D eigenvalue weighted by atomic mass is 10.0. The summed E-state index contributed by atoms with van der Waals surface area (Å²) < 4.78 is 5.94. The van der Waals surface area contributed by atoms with Gasteiger partial charge in [0.15, 0.2) is 0 Å². The van der Waals surface area contributed by atoms with Gasteiger partial charge >= 0.3 is 0 Å². The van der Waals surface area contributed by atoms with Crippen LogP contribution in [0.3, 0.4) is 0 Å². The van der Waals surface area contributed by atoms with E-state index in [1.54, 1.807) is 18.6 Å². The molecule has 2 aromatic heterocycles. The molecule has 0 saturated carbocycles. The number of para-hydroxylation sites is 1. The second-order valence-corrected chi connectivity index (χ2v) is 8.47. The predicted octanol–water partition coefficient (Wildman–Crippen LogP) is 2.86. The molecule has 1 unspecified atom stereocenters. The Morgan fingerprint density at radius 2 is 1.85 bits per heavy atom. The van der Waals surface area contributed by atoms with Crippen molar-refractivity contribution in [1.29, 1.82) is 0 Å². The largest absolute Gasteiger partial charge is 0.371 e. The van der Waals surface area contributed by atoms with Gasteiger partial charge in [0.25, 0.3) is 0 Å². The van der Waals surface area contributed by atoms with Gasteiger partial charge in [0.05, 0.1) is 18.8 Å². The van der Waals surface area contributed by atoms with E-state index in [1.807, 2.05) is 17.0 Å². The van der Waals surface area contributed by atoms with Crippen LogP contribution >= 0.6 is 0 Å². The van der Waals surface area contributed by atoms with Crippen LogP contribution in [0, 0.1) is 0 Å². The number of carbonyl (C=O) groups excluding carboxylic acids is 1. The third-order valence-electron chi connectivity index (χ3n) is 6.34. The number of pyridine rings is 1. The van der Waals surface area contributed by atoms with Crippen LogP contribution in [0.15, 0.2) is 55.0 Å². The average molecular weight is 445 g/mol. The molecule has 0 bridgehead atoms. The van der Waals surface area contributed by atoms with Gasteiger partial charge in [-0.05, 0) is 30.5 Å². The number of nitrogens with two attached hydrogens (primary N) is 1. The van der Waals surface area contributed by atoms with Gasteiger partial charge < -0.3 is 20.3 Å². The lowest BCUT2D eigenvalue weighted by Crippen LogP contribution is -2.43. The molecule has 2 aliphatic rings. The summed E-state index contributed by atoms with van der Waals surface area (Å²) in [5.74, 6) is 0.412. The molecule has 2 aliphatic heterocycles. The van der Waals surface area contributed by atoms with E-state index < -0.39 is 0 Å². The van der Waals surface area contributed by atoms with Crippen molar-refractivity contribution >= 4 is 17.5 Å². The number of ether oxygens (including phenoxy) is 1. The average Bonchev–Trinajstić information content (AvgIpc) is 2.88. The number of rotatable bonds is 5. The third kappa shape index (κ3) is 4.80. The van der Waals surface area contributed by atoms with Gasteiger partial charge in [-0.1, -0.05) is 24.3 Å². The number of morpholine rings is 1. The molecule has 170 valence electrons. The zero-order valence-electron chi connectivity index (χ0n) is 18.6. The van der Waals surface area contributed by atoms with Crippen LogP contribution in [-0.4, -0.2) is 58.5 Å². The topological polar surface area (TPSA) is 97.5 Å². The van der Waals surface area contributed by atoms with Crippen molar-refractivity contribution in [1.82, 2.24) is 19.9 Å². The van der Waals surface area contributed by atoms with Crippen LogP contribution in [0.2, 0.25) is 0 Å². The number of fused-ring (bicyclic) bond motifs is 1.